The second-order valence-corrected chi connectivity index (χ2v) is 6.69. The SMILES string of the molecule is CC(C)(C)OC(=O)N1CCCCC1C(CC(=O)O)CC(=O)O. The van der Waals surface area contributed by atoms with Crippen molar-refractivity contribution in [2.24, 2.45) is 5.92 Å². The van der Waals surface area contributed by atoms with Crippen molar-refractivity contribution < 1.29 is 29.3 Å². The lowest BCUT2D eigenvalue weighted by Crippen LogP contribution is -2.50. The van der Waals surface area contributed by atoms with Gasteiger partial charge in [0.2, 0.25) is 0 Å². The van der Waals surface area contributed by atoms with Crippen LogP contribution in [-0.2, 0) is 14.3 Å². The molecular weight excluding hydrogens is 290 g/mol. The maximum Gasteiger partial charge on any atom is 0.410 e. The number of aliphatic carboxylic acids is 2. The molecular formula is C15H25NO6. The summed E-state index contributed by atoms with van der Waals surface area (Å²) in [5.41, 5.74) is -0.645. The Morgan fingerprint density at radius 3 is 2.14 bits per heavy atom. The zero-order valence-electron chi connectivity index (χ0n) is 13.4. The summed E-state index contributed by atoms with van der Waals surface area (Å²) in [4.78, 5) is 35.8. The van der Waals surface area contributed by atoms with Crippen LogP contribution in [-0.4, -0.2) is 51.3 Å². The van der Waals surface area contributed by atoms with Gasteiger partial charge in [0.05, 0.1) is 12.8 Å². The molecule has 0 spiro atoms. The molecule has 1 unspecified atom stereocenters. The third kappa shape index (κ3) is 5.91. The maximum atomic E-state index is 12.3. The molecule has 1 aliphatic heterocycles. The number of carboxylic acids is 2. The minimum absolute atomic E-state index is 0.268. The van der Waals surface area contributed by atoms with E-state index in [0.29, 0.717) is 13.0 Å². The van der Waals surface area contributed by atoms with Crippen molar-refractivity contribution in [3.63, 3.8) is 0 Å². The standard InChI is InChI=1S/C15H25NO6/c1-15(2,3)22-14(21)16-7-5-4-6-11(16)10(8-12(17)18)9-13(19)20/h10-11H,4-9H2,1-3H3,(H,17,18)(H,19,20). The number of carboxylic acid groups (broad SMARTS) is 2. The van der Waals surface area contributed by atoms with Gasteiger partial charge in [-0.2, -0.15) is 0 Å². The summed E-state index contributed by atoms with van der Waals surface area (Å²) in [5.74, 6) is -2.72. The van der Waals surface area contributed by atoms with Crippen LogP contribution in [0.3, 0.4) is 0 Å². The number of rotatable bonds is 5. The van der Waals surface area contributed by atoms with Gasteiger partial charge in [0, 0.05) is 18.5 Å². The highest BCUT2D eigenvalue weighted by Crippen LogP contribution is 2.29. The second kappa shape index (κ2) is 7.47. The van der Waals surface area contributed by atoms with Crippen LogP contribution in [0.2, 0.25) is 0 Å². The second-order valence-electron chi connectivity index (χ2n) is 6.69. The van der Waals surface area contributed by atoms with Gasteiger partial charge >= 0.3 is 18.0 Å². The molecule has 1 saturated heterocycles. The molecule has 1 atom stereocenters. The highest BCUT2D eigenvalue weighted by atomic mass is 16.6. The van der Waals surface area contributed by atoms with Gasteiger partial charge in [-0.1, -0.05) is 0 Å². The van der Waals surface area contributed by atoms with Crippen LogP contribution in [0.25, 0.3) is 0 Å². The summed E-state index contributed by atoms with van der Waals surface area (Å²) in [7, 11) is 0. The zero-order valence-corrected chi connectivity index (χ0v) is 13.4. The van der Waals surface area contributed by atoms with E-state index < -0.39 is 35.6 Å². The number of nitrogens with zero attached hydrogens (tertiary/aromatic N) is 1. The first kappa shape index (κ1) is 18.3. The van der Waals surface area contributed by atoms with Crippen molar-refractivity contribution in [2.75, 3.05) is 6.54 Å². The number of amides is 1. The molecule has 22 heavy (non-hydrogen) atoms. The molecule has 1 heterocycles. The largest absolute Gasteiger partial charge is 0.481 e. The van der Waals surface area contributed by atoms with Gasteiger partial charge in [0.15, 0.2) is 0 Å². The van der Waals surface area contributed by atoms with Crippen molar-refractivity contribution in [2.45, 2.75) is 64.5 Å². The van der Waals surface area contributed by atoms with Crippen LogP contribution >= 0.6 is 0 Å². The van der Waals surface area contributed by atoms with Gasteiger partial charge in [-0.05, 0) is 40.0 Å². The molecule has 0 bridgehead atoms. The Morgan fingerprint density at radius 1 is 1.14 bits per heavy atom. The van der Waals surface area contributed by atoms with Crippen LogP contribution in [0.1, 0.15) is 52.9 Å². The van der Waals surface area contributed by atoms with Crippen molar-refractivity contribution in [3.8, 4) is 0 Å². The molecule has 1 rings (SSSR count). The van der Waals surface area contributed by atoms with E-state index in [-0.39, 0.29) is 12.8 Å². The van der Waals surface area contributed by atoms with Crippen LogP contribution < -0.4 is 0 Å². The summed E-state index contributed by atoms with van der Waals surface area (Å²) in [6.07, 6.45) is 1.22. The fourth-order valence-electron chi connectivity index (χ4n) is 2.79. The molecule has 0 saturated carbocycles. The number of hydrogen-bond acceptors (Lipinski definition) is 4. The number of piperidine rings is 1. The summed E-state index contributed by atoms with van der Waals surface area (Å²) < 4.78 is 5.36. The Morgan fingerprint density at radius 2 is 1.68 bits per heavy atom. The van der Waals surface area contributed by atoms with Gasteiger partial charge in [-0.25, -0.2) is 4.79 Å². The van der Waals surface area contributed by atoms with Crippen molar-refractivity contribution >= 4 is 18.0 Å². The van der Waals surface area contributed by atoms with Crippen molar-refractivity contribution in [1.29, 1.82) is 0 Å². The van der Waals surface area contributed by atoms with Gasteiger partial charge in [0.1, 0.15) is 5.60 Å². The van der Waals surface area contributed by atoms with Gasteiger partial charge in [-0.15, -0.1) is 0 Å². The molecule has 0 aromatic heterocycles. The monoisotopic (exact) mass is 315 g/mol. The topological polar surface area (TPSA) is 104 Å². The van der Waals surface area contributed by atoms with E-state index in [2.05, 4.69) is 0 Å². The van der Waals surface area contributed by atoms with E-state index >= 15 is 0 Å². The normalized spacial score (nSPS) is 19.1. The van der Waals surface area contributed by atoms with Crippen LogP contribution in [0.15, 0.2) is 0 Å². The molecule has 1 fully saturated rings. The first-order chi connectivity index (χ1) is 10.1. The van der Waals surface area contributed by atoms with E-state index in [9.17, 15) is 14.4 Å². The Kier molecular flexibility index (Phi) is 6.20. The van der Waals surface area contributed by atoms with E-state index in [1.54, 1.807) is 20.8 Å². The smallest absolute Gasteiger partial charge is 0.410 e. The predicted octanol–water partition coefficient (Wildman–Crippen LogP) is 2.34. The third-order valence-electron chi connectivity index (χ3n) is 3.60. The van der Waals surface area contributed by atoms with E-state index in [4.69, 9.17) is 14.9 Å². The van der Waals surface area contributed by atoms with Gasteiger partial charge in [0.25, 0.3) is 0 Å². The number of carbonyl (C=O) groups excluding carboxylic acids is 1. The molecule has 7 nitrogen and oxygen atoms in total. The minimum atomic E-state index is -1.05. The van der Waals surface area contributed by atoms with E-state index in [0.717, 1.165) is 12.8 Å². The quantitative estimate of drug-likeness (QED) is 0.807. The van der Waals surface area contributed by atoms with Crippen LogP contribution in [0, 0.1) is 5.92 Å². The van der Waals surface area contributed by atoms with Crippen molar-refractivity contribution in [3.05, 3.63) is 0 Å². The average molecular weight is 315 g/mol. The summed E-state index contributed by atoms with van der Waals surface area (Å²) >= 11 is 0. The molecule has 1 amide bonds. The molecule has 0 aromatic carbocycles. The summed E-state index contributed by atoms with van der Waals surface area (Å²) in [6.45, 7) is 5.75. The summed E-state index contributed by atoms with van der Waals surface area (Å²) in [6, 6.07) is -0.407. The number of likely N-dealkylation sites (tertiary alicyclic amines) is 1. The van der Waals surface area contributed by atoms with Gasteiger partial charge < -0.3 is 19.8 Å². The maximum absolute atomic E-state index is 12.3. The first-order valence-electron chi connectivity index (χ1n) is 7.53. The van der Waals surface area contributed by atoms with Crippen LogP contribution in [0.5, 0.6) is 0 Å². The molecule has 2 N–H and O–H groups in total. The predicted molar refractivity (Wildman–Crippen MR) is 78.6 cm³/mol. The molecule has 0 radical (unpaired) electrons. The zero-order chi connectivity index (χ0) is 16.9. The van der Waals surface area contributed by atoms with E-state index in [1.165, 1.54) is 4.90 Å². The highest BCUT2D eigenvalue weighted by molar-refractivity contribution is 5.72. The lowest BCUT2D eigenvalue weighted by atomic mass is 9.86. The van der Waals surface area contributed by atoms with E-state index in [1.807, 2.05) is 0 Å². The number of hydrogen-bond donors (Lipinski definition) is 2. The first-order valence-corrected chi connectivity index (χ1v) is 7.53. The third-order valence-corrected chi connectivity index (χ3v) is 3.60. The fraction of sp³-hybridized carbons (Fsp3) is 0.800. The summed E-state index contributed by atoms with van der Waals surface area (Å²) in [5, 5.41) is 18.0. The molecule has 0 aromatic rings. The lowest BCUT2D eigenvalue weighted by Gasteiger charge is -2.40. The Labute approximate surface area is 130 Å². The molecule has 0 aliphatic carbocycles. The highest BCUT2D eigenvalue weighted by Gasteiger charge is 2.37. The fourth-order valence-corrected chi connectivity index (χ4v) is 2.79. The Bertz CT molecular complexity index is 412. The average Bonchev–Trinajstić information content (AvgIpc) is 2.34. The van der Waals surface area contributed by atoms with Crippen molar-refractivity contribution in [1.82, 2.24) is 4.90 Å². The molecule has 7 heteroatoms. The minimum Gasteiger partial charge on any atom is -0.481 e. The van der Waals surface area contributed by atoms with Crippen LogP contribution in [0.4, 0.5) is 4.79 Å². The Balaban J connectivity index is 2.90. The lowest BCUT2D eigenvalue weighted by molar-refractivity contribution is -0.142. The number of ether oxygens (including phenoxy) is 1. The van der Waals surface area contributed by atoms with Gasteiger partial charge in [-0.3, -0.25) is 9.59 Å². The Hall–Kier alpha value is -1.79. The number of carbonyl (C=O) groups is 3. The molecule has 126 valence electrons. The molecule has 1 aliphatic rings.